The molecule has 0 saturated carbocycles. The lowest BCUT2D eigenvalue weighted by Gasteiger charge is -2.16. The molecule has 0 aliphatic heterocycles. The van der Waals surface area contributed by atoms with Crippen molar-refractivity contribution in [1.29, 1.82) is 0 Å². The summed E-state index contributed by atoms with van der Waals surface area (Å²) in [6.07, 6.45) is 0. The summed E-state index contributed by atoms with van der Waals surface area (Å²) in [6, 6.07) is 11.2. The van der Waals surface area contributed by atoms with Crippen LogP contribution in [-0.2, 0) is 17.9 Å². The molecule has 21 heavy (non-hydrogen) atoms. The number of benzene rings is 1. The van der Waals surface area contributed by atoms with E-state index in [1.165, 1.54) is 0 Å². The van der Waals surface area contributed by atoms with Gasteiger partial charge in [0.2, 0.25) is 0 Å². The smallest absolute Gasteiger partial charge is 0.260 e. The Kier molecular flexibility index (Phi) is 5.00. The first-order valence-corrected chi connectivity index (χ1v) is 6.79. The number of carbonyl (C=O) groups is 1. The molecule has 0 bridgehead atoms. The molecule has 1 heterocycles. The average Bonchev–Trinajstić information content (AvgIpc) is 2.90. The zero-order chi connectivity index (χ0) is 15.2. The van der Waals surface area contributed by atoms with Crippen LogP contribution in [0.15, 0.2) is 40.8 Å². The van der Waals surface area contributed by atoms with Gasteiger partial charge in [-0.15, -0.1) is 0 Å². The SMILES string of the molecule is Cc1ccc(CN(C)C(=O)COc2cccc(CN)c2)o1. The molecule has 0 fully saturated rings. The number of carbonyl (C=O) groups excluding carboxylic acids is 1. The van der Waals surface area contributed by atoms with Crippen molar-refractivity contribution in [3.05, 3.63) is 53.5 Å². The molecule has 2 N–H and O–H groups in total. The first kappa shape index (κ1) is 15.1. The van der Waals surface area contributed by atoms with Gasteiger partial charge in [-0.2, -0.15) is 0 Å². The molecule has 0 spiro atoms. The molecule has 2 aromatic rings. The lowest BCUT2D eigenvalue weighted by Crippen LogP contribution is -2.30. The number of nitrogens with two attached hydrogens (primary N) is 1. The first-order valence-electron chi connectivity index (χ1n) is 6.79. The Labute approximate surface area is 124 Å². The van der Waals surface area contributed by atoms with Crippen LogP contribution in [0.2, 0.25) is 0 Å². The van der Waals surface area contributed by atoms with Crippen LogP contribution in [0.4, 0.5) is 0 Å². The van der Waals surface area contributed by atoms with Crippen molar-refractivity contribution in [2.45, 2.75) is 20.0 Å². The van der Waals surface area contributed by atoms with Crippen LogP contribution in [0.25, 0.3) is 0 Å². The molecule has 0 aliphatic carbocycles. The van der Waals surface area contributed by atoms with Crippen LogP contribution in [-0.4, -0.2) is 24.5 Å². The molecule has 1 aromatic heterocycles. The predicted molar refractivity (Wildman–Crippen MR) is 79.7 cm³/mol. The van der Waals surface area contributed by atoms with Crippen molar-refractivity contribution in [2.75, 3.05) is 13.7 Å². The third kappa shape index (κ3) is 4.36. The number of hydrogen-bond acceptors (Lipinski definition) is 4. The van der Waals surface area contributed by atoms with E-state index in [4.69, 9.17) is 14.9 Å². The highest BCUT2D eigenvalue weighted by molar-refractivity contribution is 5.77. The zero-order valence-electron chi connectivity index (χ0n) is 12.3. The number of likely N-dealkylation sites (N-methyl/N-ethyl adjacent to an activating group) is 1. The van der Waals surface area contributed by atoms with Crippen LogP contribution in [0.5, 0.6) is 5.75 Å². The monoisotopic (exact) mass is 288 g/mol. The van der Waals surface area contributed by atoms with Crippen LogP contribution in [0.1, 0.15) is 17.1 Å². The maximum atomic E-state index is 12.0. The highest BCUT2D eigenvalue weighted by Crippen LogP contribution is 2.13. The van der Waals surface area contributed by atoms with Gasteiger partial charge in [0, 0.05) is 13.6 Å². The Balaban J connectivity index is 1.85. The summed E-state index contributed by atoms with van der Waals surface area (Å²) >= 11 is 0. The maximum absolute atomic E-state index is 12.0. The molecule has 1 aromatic carbocycles. The van der Waals surface area contributed by atoms with Crippen molar-refractivity contribution in [2.24, 2.45) is 5.73 Å². The Morgan fingerprint density at radius 1 is 1.33 bits per heavy atom. The normalized spacial score (nSPS) is 10.4. The van der Waals surface area contributed by atoms with Crippen molar-refractivity contribution in [3.63, 3.8) is 0 Å². The summed E-state index contributed by atoms with van der Waals surface area (Å²) in [5, 5.41) is 0. The number of nitrogens with zero attached hydrogens (tertiary/aromatic N) is 1. The fraction of sp³-hybridized carbons (Fsp3) is 0.312. The van der Waals surface area contributed by atoms with E-state index in [9.17, 15) is 4.79 Å². The van der Waals surface area contributed by atoms with Gasteiger partial charge in [-0.3, -0.25) is 4.79 Å². The van der Waals surface area contributed by atoms with Crippen LogP contribution in [0.3, 0.4) is 0 Å². The van der Waals surface area contributed by atoms with Gasteiger partial charge in [0.05, 0.1) is 6.54 Å². The van der Waals surface area contributed by atoms with Crippen molar-refractivity contribution >= 4 is 5.91 Å². The fourth-order valence-corrected chi connectivity index (χ4v) is 1.91. The van der Waals surface area contributed by atoms with Crippen LogP contribution in [0, 0.1) is 6.92 Å². The molecular weight excluding hydrogens is 268 g/mol. The summed E-state index contributed by atoms with van der Waals surface area (Å²) in [7, 11) is 1.72. The Morgan fingerprint density at radius 2 is 2.14 bits per heavy atom. The molecular formula is C16H20N2O3. The molecule has 5 nitrogen and oxygen atoms in total. The van der Waals surface area contributed by atoms with Crippen molar-refractivity contribution in [3.8, 4) is 5.75 Å². The third-order valence-electron chi connectivity index (χ3n) is 3.11. The number of amides is 1. The number of furan rings is 1. The highest BCUT2D eigenvalue weighted by atomic mass is 16.5. The number of aryl methyl sites for hydroxylation is 1. The van der Waals surface area contributed by atoms with Crippen molar-refractivity contribution < 1.29 is 13.9 Å². The summed E-state index contributed by atoms with van der Waals surface area (Å²) in [5.74, 6) is 2.13. The summed E-state index contributed by atoms with van der Waals surface area (Å²) in [6.45, 7) is 2.74. The third-order valence-corrected chi connectivity index (χ3v) is 3.11. The molecule has 5 heteroatoms. The van der Waals surface area contributed by atoms with Crippen molar-refractivity contribution in [1.82, 2.24) is 4.90 Å². The van der Waals surface area contributed by atoms with Gasteiger partial charge in [-0.1, -0.05) is 12.1 Å². The van der Waals surface area contributed by atoms with Crippen LogP contribution < -0.4 is 10.5 Å². The number of rotatable bonds is 6. The average molecular weight is 288 g/mol. The molecule has 2 rings (SSSR count). The second kappa shape index (κ2) is 6.95. The predicted octanol–water partition coefficient (Wildman–Crippen LogP) is 2.08. The summed E-state index contributed by atoms with van der Waals surface area (Å²) in [5.41, 5.74) is 6.54. The van der Waals surface area contributed by atoms with E-state index < -0.39 is 0 Å². The van der Waals surface area contributed by atoms with E-state index in [-0.39, 0.29) is 12.5 Å². The van der Waals surface area contributed by atoms with E-state index in [1.54, 1.807) is 11.9 Å². The lowest BCUT2D eigenvalue weighted by molar-refractivity contribution is -0.132. The van der Waals surface area contributed by atoms with Gasteiger partial charge in [-0.05, 0) is 36.8 Å². The van der Waals surface area contributed by atoms with Gasteiger partial charge in [0.15, 0.2) is 6.61 Å². The first-order chi connectivity index (χ1) is 10.1. The topological polar surface area (TPSA) is 68.7 Å². The van der Waals surface area contributed by atoms with Gasteiger partial charge >= 0.3 is 0 Å². The minimum absolute atomic E-state index is 0.00971. The minimum atomic E-state index is -0.109. The second-order valence-electron chi connectivity index (χ2n) is 4.90. The summed E-state index contributed by atoms with van der Waals surface area (Å²) in [4.78, 5) is 13.6. The summed E-state index contributed by atoms with van der Waals surface area (Å²) < 4.78 is 10.9. The van der Waals surface area contributed by atoms with E-state index in [0.29, 0.717) is 18.8 Å². The Bertz CT molecular complexity index is 607. The largest absolute Gasteiger partial charge is 0.484 e. The van der Waals surface area contributed by atoms with E-state index >= 15 is 0 Å². The minimum Gasteiger partial charge on any atom is -0.484 e. The van der Waals surface area contributed by atoms with E-state index in [1.807, 2.05) is 43.3 Å². The molecule has 0 radical (unpaired) electrons. The zero-order valence-corrected chi connectivity index (χ0v) is 12.3. The number of hydrogen-bond donors (Lipinski definition) is 1. The maximum Gasteiger partial charge on any atom is 0.260 e. The molecule has 0 unspecified atom stereocenters. The second-order valence-corrected chi connectivity index (χ2v) is 4.90. The fourth-order valence-electron chi connectivity index (χ4n) is 1.91. The Hall–Kier alpha value is -2.27. The highest BCUT2D eigenvalue weighted by Gasteiger charge is 2.12. The molecule has 112 valence electrons. The van der Waals surface area contributed by atoms with Crippen LogP contribution >= 0.6 is 0 Å². The number of ether oxygens (including phenoxy) is 1. The standard InChI is InChI=1S/C16H20N2O3/c1-12-6-7-15(21-12)10-18(2)16(19)11-20-14-5-3-4-13(8-14)9-17/h3-8H,9-11,17H2,1-2H3. The molecule has 0 aliphatic rings. The lowest BCUT2D eigenvalue weighted by atomic mass is 10.2. The van der Waals surface area contributed by atoms with Gasteiger partial charge in [0.1, 0.15) is 17.3 Å². The quantitative estimate of drug-likeness (QED) is 0.883. The van der Waals surface area contributed by atoms with Gasteiger partial charge < -0.3 is 19.8 Å². The van der Waals surface area contributed by atoms with Gasteiger partial charge in [-0.25, -0.2) is 0 Å². The molecule has 1 amide bonds. The van der Waals surface area contributed by atoms with E-state index in [2.05, 4.69) is 0 Å². The molecule has 0 saturated heterocycles. The van der Waals surface area contributed by atoms with Gasteiger partial charge in [0.25, 0.3) is 5.91 Å². The van der Waals surface area contributed by atoms with E-state index in [0.717, 1.165) is 17.1 Å². The molecule has 0 atom stereocenters. The Morgan fingerprint density at radius 3 is 2.81 bits per heavy atom.